The van der Waals surface area contributed by atoms with Gasteiger partial charge in [0.25, 0.3) is 5.91 Å². The van der Waals surface area contributed by atoms with Crippen LogP contribution in [0.4, 0.5) is 4.39 Å². The second kappa shape index (κ2) is 9.20. The molecule has 1 aromatic carbocycles. The summed E-state index contributed by atoms with van der Waals surface area (Å²) in [5.41, 5.74) is 1.85. The molecule has 1 saturated heterocycles. The molecule has 2 aromatic heterocycles. The van der Waals surface area contributed by atoms with Crippen molar-refractivity contribution in [3.63, 3.8) is 0 Å². The molecule has 0 spiro atoms. The molecule has 1 saturated carbocycles. The van der Waals surface area contributed by atoms with Gasteiger partial charge in [-0.25, -0.2) is 4.39 Å². The molecule has 2 aliphatic rings. The van der Waals surface area contributed by atoms with Gasteiger partial charge in [0.05, 0.1) is 23.6 Å². The smallest absolute Gasteiger partial charge is 0.254 e. The summed E-state index contributed by atoms with van der Waals surface area (Å²) < 4.78 is 20.6. The molecule has 0 radical (unpaired) electrons. The van der Waals surface area contributed by atoms with Gasteiger partial charge in [-0.1, -0.05) is 0 Å². The van der Waals surface area contributed by atoms with Crippen LogP contribution in [0, 0.1) is 11.7 Å². The van der Waals surface area contributed by atoms with Crippen LogP contribution in [0.1, 0.15) is 54.0 Å². The van der Waals surface area contributed by atoms with Crippen LogP contribution in [0.2, 0.25) is 0 Å². The maximum Gasteiger partial charge on any atom is 0.254 e. The molecule has 1 aliphatic heterocycles. The standard InChI is InChI=1S/C24H25FN6O3/c1-14(34-18-6-4-16(27-12-18)10-15-2-3-15)22-13-28-31(30-22)17-5-7-19(20(25)11-17)23(32)29-21-8-9-26-24(21)33/h4-7,11-15,21H,2-3,8-10H2,1H3,(H,26,33)(H,29,32)/t14-,21+/m1/s1. The fraction of sp³-hybridized carbons (Fsp3) is 0.375. The summed E-state index contributed by atoms with van der Waals surface area (Å²) in [4.78, 5) is 29.8. The van der Waals surface area contributed by atoms with Crippen LogP contribution in [-0.2, 0) is 11.2 Å². The lowest BCUT2D eigenvalue weighted by Gasteiger charge is -2.12. The van der Waals surface area contributed by atoms with Crippen molar-refractivity contribution in [2.24, 2.45) is 5.92 Å². The van der Waals surface area contributed by atoms with Gasteiger partial charge in [-0.05, 0) is 62.8 Å². The molecule has 0 unspecified atom stereocenters. The number of carbonyl (C=O) groups excluding carboxylic acids is 2. The SMILES string of the molecule is C[C@@H](Oc1ccc(CC2CC2)nc1)c1cnn(-c2ccc(C(=O)N[C@H]3CCNC3=O)c(F)c2)n1. The summed E-state index contributed by atoms with van der Waals surface area (Å²) in [6.07, 6.45) is 6.93. The Hall–Kier alpha value is -3.82. The van der Waals surface area contributed by atoms with E-state index in [0.717, 1.165) is 18.0 Å². The van der Waals surface area contributed by atoms with Crippen LogP contribution in [0.25, 0.3) is 5.69 Å². The lowest BCUT2D eigenvalue weighted by molar-refractivity contribution is -0.120. The van der Waals surface area contributed by atoms with Crippen LogP contribution in [0.3, 0.4) is 0 Å². The van der Waals surface area contributed by atoms with Crippen LogP contribution in [-0.4, -0.2) is 44.4 Å². The maximum absolute atomic E-state index is 14.7. The van der Waals surface area contributed by atoms with E-state index >= 15 is 0 Å². The van der Waals surface area contributed by atoms with Crippen molar-refractivity contribution in [3.05, 3.63) is 65.5 Å². The van der Waals surface area contributed by atoms with Crippen molar-refractivity contribution in [3.8, 4) is 11.4 Å². The second-order valence-electron chi connectivity index (χ2n) is 8.72. The minimum atomic E-state index is -0.728. The largest absolute Gasteiger partial charge is 0.483 e. The lowest BCUT2D eigenvalue weighted by atomic mass is 10.1. The minimum Gasteiger partial charge on any atom is -0.483 e. The molecule has 3 heterocycles. The molecule has 2 N–H and O–H groups in total. The van der Waals surface area contributed by atoms with E-state index in [1.54, 1.807) is 18.5 Å². The highest BCUT2D eigenvalue weighted by atomic mass is 19.1. The zero-order chi connectivity index (χ0) is 23.7. The predicted molar refractivity (Wildman–Crippen MR) is 120 cm³/mol. The Labute approximate surface area is 195 Å². The van der Waals surface area contributed by atoms with Crippen molar-refractivity contribution in [2.75, 3.05) is 6.54 Å². The summed E-state index contributed by atoms with van der Waals surface area (Å²) in [7, 11) is 0. The molecule has 0 bridgehead atoms. The first kappa shape index (κ1) is 22.0. The van der Waals surface area contributed by atoms with E-state index < -0.39 is 23.9 Å². The first-order valence-corrected chi connectivity index (χ1v) is 11.4. The number of carbonyl (C=O) groups is 2. The minimum absolute atomic E-state index is 0.148. The Morgan fingerprint density at radius 2 is 2.12 bits per heavy atom. The number of pyridine rings is 1. The van der Waals surface area contributed by atoms with Crippen LogP contribution in [0.5, 0.6) is 5.75 Å². The fourth-order valence-electron chi connectivity index (χ4n) is 3.85. The molecule has 2 amide bonds. The normalized spacial score (nSPS) is 18.4. The highest BCUT2D eigenvalue weighted by molar-refractivity contribution is 5.98. The molecule has 10 heteroatoms. The summed E-state index contributed by atoms with van der Waals surface area (Å²) >= 11 is 0. The molecular weight excluding hydrogens is 439 g/mol. The van der Waals surface area contributed by atoms with Gasteiger partial charge in [0.1, 0.15) is 29.4 Å². The van der Waals surface area contributed by atoms with E-state index in [1.165, 1.54) is 29.8 Å². The fourth-order valence-corrected chi connectivity index (χ4v) is 3.85. The van der Waals surface area contributed by atoms with Gasteiger partial charge >= 0.3 is 0 Å². The Morgan fingerprint density at radius 3 is 2.79 bits per heavy atom. The van der Waals surface area contributed by atoms with Crippen LogP contribution < -0.4 is 15.4 Å². The quantitative estimate of drug-likeness (QED) is 0.530. The number of rotatable bonds is 8. The molecule has 176 valence electrons. The summed E-state index contributed by atoms with van der Waals surface area (Å²) in [5.74, 6) is -0.220. The second-order valence-corrected chi connectivity index (χ2v) is 8.72. The van der Waals surface area contributed by atoms with Crippen LogP contribution in [0.15, 0.2) is 42.7 Å². The van der Waals surface area contributed by atoms with Crippen molar-refractivity contribution < 1.29 is 18.7 Å². The van der Waals surface area contributed by atoms with Crippen molar-refractivity contribution in [1.82, 2.24) is 30.6 Å². The van der Waals surface area contributed by atoms with E-state index in [9.17, 15) is 14.0 Å². The third-order valence-electron chi connectivity index (χ3n) is 6.01. The molecular formula is C24H25FN6O3. The zero-order valence-corrected chi connectivity index (χ0v) is 18.7. The van der Waals surface area contributed by atoms with Crippen molar-refractivity contribution in [1.29, 1.82) is 0 Å². The van der Waals surface area contributed by atoms with Crippen molar-refractivity contribution in [2.45, 2.75) is 44.8 Å². The molecule has 3 aromatic rings. The van der Waals surface area contributed by atoms with E-state index in [-0.39, 0.29) is 11.5 Å². The number of amides is 2. The Bertz CT molecular complexity index is 1210. The monoisotopic (exact) mass is 464 g/mol. The van der Waals surface area contributed by atoms with E-state index in [2.05, 4.69) is 25.8 Å². The van der Waals surface area contributed by atoms with Gasteiger partial charge in [0.2, 0.25) is 5.91 Å². The molecule has 34 heavy (non-hydrogen) atoms. The molecule has 2 atom stereocenters. The highest BCUT2D eigenvalue weighted by Crippen LogP contribution is 2.32. The number of benzene rings is 1. The highest BCUT2D eigenvalue weighted by Gasteiger charge is 2.27. The number of hydrogen-bond donors (Lipinski definition) is 2. The molecule has 1 aliphatic carbocycles. The van der Waals surface area contributed by atoms with E-state index in [0.29, 0.717) is 30.1 Å². The number of ether oxygens (including phenoxy) is 1. The molecule has 9 nitrogen and oxygen atoms in total. The average molecular weight is 465 g/mol. The van der Waals surface area contributed by atoms with Crippen molar-refractivity contribution >= 4 is 11.8 Å². The summed E-state index contributed by atoms with van der Waals surface area (Å²) in [6.45, 7) is 2.34. The van der Waals surface area contributed by atoms with Gasteiger partial charge < -0.3 is 15.4 Å². The van der Waals surface area contributed by atoms with Crippen LogP contribution >= 0.6 is 0 Å². The molecule has 2 fully saturated rings. The van der Waals surface area contributed by atoms with Gasteiger partial charge in [-0.3, -0.25) is 14.6 Å². The topological polar surface area (TPSA) is 111 Å². The number of nitrogens with one attached hydrogen (secondary N) is 2. The van der Waals surface area contributed by atoms with Gasteiger partial charge in [0, 0.05) is 18.3 Å². The Morgan fingerprint density at radius 1 is 1.26 bits per heavy atom. The maximum atomic E-state index is 14.7. The zero-order valence-electron chi connectivity index (χ0n) is 18.7. The molecule has 5 rings (SSSR count). The predicted octanol–water partition coefficient (Wildman–Crippen LogP) is 2.51. The third kappa shape index (κ3) is 4.90. The first-order valence-electron chi connectivity index (χ1n) is 11.4. The summed E-state index contributed by atoms with van der Waals surface area (Å²) in [5, 5.41) is 13.8. The van der Waals surface area contributed by atoms with Gasteiger partial charge in [-0.15, -0.1) is 5.10 Å². The number of aromatic nitrogens is 4. The van der Waals surface area contributed by atoms with Gasteiger partial charge in [-0.2, -0.15) is 9.90 Å². The van der Waals surface area contributed by atoms with E-state index in [4.69, 9.17) is 4.74 Å². The third-order valence-corrected chi connectivity index (χ3v) is 6.01. The first-order chi connectivity index (χ1) is 16.5. The van der Waals surface area contributed by atoms with E-state index in [1.807, 2.05) is 19.1 Å². The Kier molecular flexibility index (Phi) is 5.95. The lowest BCUT2D eigenvalue weighted by Crippen LogP contribution is -2.40. The van der Waals surface area contributed by atoms with Gasteiger partial charge in [0.15, 0.2) is 0 Å². The summed E-state index contributed by atoms with van der Waals surface area (Å²) in [6, 6.07) is 7.32. The number of hydrogen-bond acceptors (Lipinski definition) is 6. The number of halogens is 1. The number of nitrogens with zero attached hydrogens (tertiary/aromatic N) is 4. The Balaban J connectivity index is 1.23. The average Bonchev–Trinajstić information content (AvgIpc) is 3.33.